The molecule has 0 aromatic rings. The molecule has 2 fully saturated rings. The molecule has 0 aliphatic heterocycles. The number of carbonyl (C=O) groups excluding carboxylic acids is 1. The number of nitrogens with two attached hydrogens (primary N) is 1. The summed E-state index contributed by atoms with van der Waals surface area (Å²) in [5.41, 5.74) is 6.19. The van der Waals surface area contributed by atoms with Crippen LogP contribution < -0.4 is 11.1 Å². The van der Waals surface area contributed by atoms with Gasteiger partial charge in [0, 0.05) is 6.04 Å². The minimum Gasteiger partial charge on any atom is -0.352 e. The van der Waals surface area contributed by atoms with Crippen LogP contribution in [0.2, 0.25) is 0 Å². The fourth-order valence-electron chi connectivity index (χ4n) is 3.67. The summed E-state index contributed by atoms with van der Waals surface area (Å²) in [6.45, 7) is 6.84. The fraction of sp³-hybridized carbons (Fsp3) is 0.938. The quantitative estimate of drug-likeness (QED) is 0.807. The van der Waals surface area contributed by atoms with Gasteiger partial charge >= 0.3 is 0 Å². The molecule has 3 N–H and O–H groups in total. The van der Waals surface area contributed by atoms with E-state index in [-0.39, 0.29) is 5.91 Å². The summed E-state index contributed by atoms with van der Waals surface area (Å²) in [4.78, 5) is 12.5. The second-order valence-corrected chi connectivity index (χ2v) is 7.77. The van der Waals surface area contributed by atoms with Crippen LogP contribution >= 0.6 is 0 Å². The number of hydrogen-bond acceptors (Lipinski definition) is 2. The standard InChI is InChI=1S/C16H30N2O/c1-12-5-4-8-16(17,11-12)14(19)18-13-6-9-15(2,3)10-7-13/h12-13H,4-11,17H2,1-3H3,(H,18,19). The number of rotatable bonds is 2. The maximum absolute atomic E-state index is 12.5. The molecule has 0 spiro atoms. The third-order valence-electron chi connectivity index (χ3n) is 5.16. The number of nitrogens with one attached hydrogen (secondary N) is 1. The van der Waals surface area contributed by atoms with Crippen LogP contribution in [0.15, 0.2) is 0 Å². The monoisotopic (exact) mass is 266 g/mol. The Hall–Kier alpha value is -0.570. The topological polar surface area (TPSA) is 55.1 Å². The molecule has 0 aromatic heterocycles. The van der Waals surface area contributed by atoms with Crippen molar-refractivity contribution in [3.63, 3.8) is 0 Å². The summed E-state index contributed by atoms with van der Waals surface area (Å²) >= 11 is 0. The minimum atomic E-state index is -0.607. The Morgan fingerprint density at radius 2 is 1.79 bits per heavy atom. The molecule has 2 unspecified atom stereocenters. The van der Waals surface area contributed by atoms with Crippen LogP contribution in [-0.4, -0.2) is 17.5 Å². The molecule has 2 rings (SSSR count). The molecule has 0 radical (unpaired) electrons. The number of carbonyl (C=O) groups is 1. The van der Waals surface area contributed by atoms with Crippen LogP contribution in [0.3, 0.4) is 0 Å². The molecule has 0 saturated heterocycles. The van der Waals surface area contributed by atoms with Crippen molar-refractivity contribution >= 4 is 5.91 Å². The van der Waals surface area contributed by atoms with Crippen LogP contribution in [0.1, 0.15) is 72.1 Å². The van der Waals surface area contributed by atoms with Crippen molar-refractivity contribution in [2.24, 2.45) is 17.1 Å². The van der Waals surface area contributed by atoms with Crippen LogP contribution in [0.25, 0.3) is 0 Å². The Balaban J connectivity index is 1.87. The van der Waals surface area contributed by atoms with Gasteiger partial charge in [0.05, 0.1) is 5.54 Å². The summed E-state index contributed by atoms with van der Waals surface area (Å²) in [6, 6.07) is 0.346. The first-order chi connectivity index (χ1) is 8.81. The summed E-state index contributed by atoms with van der Waals surface area (Å²) in [6.07, 6.45) is 8.59. The molecule has 0 aromatic carbocycles. The molecule has 3 heteroatoms. The molecule has 0 heterocycles. The van der Waals surface area contributed by atoms with Gasteiger partial charge in [0.25, 0.3) is 0 Å². The van der Waals surface area contributed by atoms with Crippen molar-refractivity contribution < 1.29 is 4.79 Å². The second kappa shape index (κ2) is 5.43. The minimum absolute atomic E-state index is 0.101. The van der Waals surface area contributed by atoms with Gasteiger partial charge in [-0.25, -0.2) is 0 Å². The van der Waals surface area contributed by atoms with E-state index in [2.05, 4.69) is 26.1 Å². The third kappa shape index (κ3) is 3.71. The zero-order chi connectivity index (χ0) is 14.1. The Labute approximate surface area is 117 Å². The highest BCUT2D eigenvalue weighted by Crippen LogP contribution is 2.36. The fourth-order valence-corrected chi connectivity index (χ4v) is 3.67. The van der Waals surface area contributed by atoms with E-state index in [1.807, 2.05) is 0 Å². The highest BCUT2D eigenvalue weighted by Gasteiger charge is 2.39. The zero-order valence-corrected chi connectivity index (χ0v) is 12.8. The highest BCUT2D eigenvalue weighted by atomic mass is 16.2. The first-order valence-corrected chi connectivity index (χ1v) is 7.91. The summed E-state index contributed by atoms with van der Waals surface area (Å²) in [5.74, 6) is 0.679. The van der Waals surface area contributed by atoms with Crippen molar-refractivity contribution in [1.29, 1.82) is 0 Å². The van der Waals surface area contributed by atoms with Crippen LogP contribution in [0.4, 0.5) is 0 Å². The predicted molar refractivity (Wildman–Crippen MR) is 78.7 cm³/mol. The van der Waals surface area contributed by atoms with Crippen LogP contribution in [0.5, 0.6) is 0 Å². The first kappa shape index (κ1) is 14.8. The van der Waals surface area contributed by atoms with Gasteiger partial charge in [-0.05, 0) is 49.9 Å². The van der Waals surface area contributed by atoms with Gasteiger partial charge in [-0.1, -0.05) is 33.6 Å². The van der Waals surface area contributed by atoms with E-state index < -0.39 is 5.54 Å². The zero-order valence-electron chi connectivity index (χ0n) is 12.8. The van der Waals surface area contributed by atoms with E-state index in [9.17, 15) is 4.79 Å². The molecule has 0 bridgehead atoms. The molecule has 1 amide bonds. The summed E-state index contributed by atoms with van der Waals surface area (Å²) in [7, 11) is 0. The van der Waals surface area contributed by atoms with E-state index in [1.165, 1.54) is 19.3 Å². The van der Waals surface area contributed by atoms with Gasteiger partial charge < -0.3 is 11.1 Å². The summed E-state index contributed by atoms with van der Waals surface area (Å²) in [5, 5.41) is 3.22. The molecule has 110 valence electrons. The molecule has 19 heavy (non-hydrogen) atoms. The van der Waals surface area contributed by atoms with Gasteiger partial charge in [-0.15, -0.1) is 0 Å². The van der Waals surface area contributed by atoms with E-state index in [4.69, 9.17) is 5.73 Å². The average Bonchev–Trinajstić information content (AvgIpc) is 2.31. The van der Waals surface area contributed by atoms with Crippen molar-refractivity contribution in [1.82, 2.24) is 5.32 Å². The van der Waals surface area contributed by atoms with Crippen molar-refractivity contribution in [3.05, 3.63) is 0 Å². The SMILES string of the molecule is CC1CCCC(N)(C(=O)NC2CCC(C)(C)CC2)C1. The lowest BCUT2D eigenvalue weighted by Crippen LogP contribution is -2.58. The summed E-state index contributed by atoms with van der Waals surface area (Å²) < 4.78 is 0. The normalized spacial score (nSPS) is 35.9. The second-order valence-electron chi connectivity index (χ2n) is 7.77. The lowest BCUT2D eigenvalue weighted by atomic mass is 9.74. The maximum atomic E-state index is 12.5. The largest absolute Gasteiger partial charge is 0.352 e. The third-order valence-corrected chi connectivity index (χ3v) is 5.16. The Morgan fingerprint density at radius 1 is 1.16 bits per heavy atom. The van der Waals surface area contributed by atoms with Crippen molar-refractivity contribution in [3.8, 4) is 0 Å². The highest BCUT2D eigenvalue weighted by molar-refractivity contribution is 5.86. The Bertz CT molecular complexity index is 330. The van der Waals surface area contributed by atoms with Gasteiger partial charge in [0.1, 0.15) is 0 Å². The van der Waals surface area contributed by atoms with E-state index in [0.29, 0.717) is 17.4 Å². The molecule has 2 atom stereocenters. The van der Waals surface area contributed by atoms with Crippen LogP contribution in [-0.2, 0) is 4.79 Å². The van der Waals surface area contributed by atoms with E-state index >= 15 is 0 Å². The smallest absolute Gasteiger partial charge is 0.240 e. The molecular formula is C16H30N2O. The van der Waals surface area contributed by atoms with Gasteiger partial charge in [0.2, 0.25) is 5.91 Å². The van der Waals surface area contributed by atoms with Gasteiger partial charge in [0.15, 0.2) is 0 Å². The Kier molecular flexibility index (Phi) is 4.24. The van der Waals surface area contributed by atoms with Crippen molar-refractivity contribution in [2.75, 3.05) is 0 Å². The number of hydrogen-bond donors (Lipinski definition) is 2. The average molecular weight is 266 g/mol. The predicted octanol–water partition coefficient (Wildman–Crippen LogP) is 2.98. The maximum Gasteiger partial charge on any atom is 0.240 e. The van der Waals surface area contributed by atoms with E-state index in [0.717, 1.165) is 32.1 Å². The molecule has 3 nitrogen and oxygen atoms in total. The van der Waals surface area contributed by atoms with Crippen molar-refractivity contribution in [2.45, 2.75) is 83.7 Å². The number of amides is 1. The lowest BCUT2D eigenvalue weighted by Gasteiger charge is -2.39. The molecule has 2 aliphatic rings. The molecule has 2 saturated carbocycles. The van der Waals surface area contributed by atoms with Crippen LogP contribution in [0, 0.1) is 11.3 Å². The molecular weight excluding hydrogens is 236 g/mol. The molecule has 2 aliphatic carbocycles. The lowest BCUT2D eigenvalue weighted by molar-refractivity contribution is -0.129. The van der Waals surface area contributed by atoms with Gasteiger partial charge in [-0.2, -0.15) is 0 Å². The van der Waals surface area contributed by atoms with Gasteiger partial charge in [-0.3, -0.25) is 4.79 Å². The first-order valence-electron chi connectivity index (χ1n) is 7.91. The Morgan fingerprint density at radius 3 is 2.37 bits per heavy atom. The van der Waals surface area contributed by atoms with E-state index in [1.54, 1.807) is 0 Å².